The molecule has 4 heteroatoms. The fourth-order valence-electron chi connectivity index (χ4n) is 1.21. The van der Waals surface area contributed by atoms with Crippen molar-refractivity contribution in [2.24, 2.45) is 11.7 Å². The number of hydroxylamine groups is 1. The normalized spacial score (nSPS) is 28.4. The molecule has 3 nitrogen and oxygen atoms in total. The summed E-state index contributed by atoms with van der Waals surface area (Å²) < 4.78 is 0. The highest BCUT2D eigenvalue weighted by Crippen LogP contribution is 2.11. The summed E-state index contributed by atoms with van der Waals surface area (Å²) in [6.45, 7) is 3.78. The summed E-state index contributed by atoms with van der Waals surface area (Å²) >= 11 is 0. The highest BCUT2D eigenvalue weighted by Gasteiger charge is 2.15. The Labute approximate surface area is 72.7 Å². The zero-order valence-electron chi connectivity index (χ0n) is 6.47. The van der Waals surface area contributed by atoms with Crippen LogP contribution in [0.5, 0.6) is 0 Å². The van der Waals surface area contributed by atoms with Crippen molar-refractivity contribution in [2.75, 3.05) is 13.2 Å². The van der Waals surface area contributed by atoms with Crippen molar-refractivity contribution in [1.29, 1.82) is 0 Å². The third kappa shape index (κ3) is 3.86. The van der Waals surface area contributed by atoms with Gasteiger partial charge in [0.1, 0.15) is 0 Å². The van der Waals surface area contributed by atoms with Gasteiger partial charge in [-0.1, -0.05) is 0 Å². The van der Waals surface area contributed by atoms with Gasteiger partial charge >= 0.3 is 0 Å². The van der Waals surface area contributed by atoms with Gasteiger partial charge in [-0.25, -0.2) is 5.48 Å². The maximum absolute atomic E-state index is 5.74. The summed E-state index contributed by atoms with van der Waals surface area (Å²) in [6, 6.07) is 0.286. The Morgan fingerprint density at radius 3 is 3.00 bits per heavy atom. The Bertz CT molecular complexity index is 92.4. The lowest BCUT2D eigenvalue weighted by Gasteiger charge is -2.16. The van der Waals surface area contributed by atoms with Crippen LogP contribution in [0.15, 0.2) is 0 Å². The van der Waals surface area contributed by atoms with Crippen LogP contribution in [-0.4, -0.2) is 30.2 Å². The highest BCUT2D eigenvalue weighted by atomic mass is 28.1. The Hall–Kier alpha value is 0.0969. The summed E-state index contributed by atoms with van der Waals surface area (Å²) in [7, 11) is 0. The van der Waals surface area contributed by atoms with E-state index in [2.05, 4.69) is 12.4 Å². The first-order valence-electron chi connectivity index (χ1n) is 3.91. The van der Waals surface area contributed by atoms with Crippen LogP contribution in [-0.2, 0) is 4.84 Å². The lowest BCUT2D eigenvalue weighted by molar-refractivity contribution is 0.0484. The lowest BCUT2D eigenvalue weighted by Crippen LogP contribution is -2.33. The molecule has 1 aliphatic rings. The van der Waals surface area contributed by atoms with Crippen LogP contribution in [0.4, 0.5) is 0 Å². The van der Waals surface area contributed by atoms with E-state index in [1.807, 2.05) is 0 Å². The van der Waals surface area contributed by atoms with Gasteiger partial charge in [0.25, 0.3) is 0 Å². The Morgan fingerprint density at radius 1 is 1.64 bits per heavy atom. The average molecular weight is 176 g/mol. The van der Waals surface area contributed by atoms with Gasteiger partial charge in [-0.3, -0.25) is 0 Å². The van der Waals surface area contributed by atoms with Gasteiger partial charge in [-0.15, -0.1) is 0 Å². The van der Waals surface area contributed by atoms with Gasteiger partial charge in [0.2, 0.25) is 0 Å². The number of rotatable bonds is 1. The molecule has 0 aromatic heterocycles. The molecule has 2 unspecified atom stereocenters. The van der Waals surface area contributed by atoms with E-state index in [1.165, 1.54) is 6.42 Å². The van der Waals surface area contributed by atoms with Gasteiger partial charge in [-0.05, 0) is 36.6 Å². The van der Waals surface area contributed by atoms with Crippen molar-refractivity contribution in [3.63, 3.8) is 0 Å². The first-order chi connectivity index (χ1) is 4.80. The second-order valence-electron chi connectivity index (χ2n) is 2.96. The van der Waals surface area contributed by atoms with E-state index in [4.69, 9.17) is 10.6 Å². The topological polar surface area (TPSA) is 47.3 Å². The van der Waals surface area contributed by atoms with Crippen molar-refractivity contribution < 1.29 is 4.84 Å². The molecule has 1 fully saturated rings. The molecule has 0 aromatic rings. The molecule has 1 saturated heterocycles. The zero-order chi connectivity index (χ0) is 7.40. The Kier molecular flexibility index (Phi) is 5.76. The molecular weight excluding hydrogens is 156 g/mol. The molecule has 68 valence electrons. The molecule has 1 heterocycles. The zero-order valence-corrected chi connectivity index (χ0v) is 6.47. The molecule has 0 aromatic carbocycles. The summed E-state index contributed by atoms with van der Waals surface area (Å²) in [5.41, 5.74) is 8.64. The van der Waals surface area contributed by atoms with Crippen molar-refractivity contribution in [3.05, 3.63) is 0 Å². The van der Waals surface area contributed by atoms with Gasteiger partial charge in [0, 0.05) is 12.6 Å². The van der Waals surface area contributed by atoms with Crippen molar-refractivity contribution >= 4 is 11.0 Å². The van der Waals surface area contributed by atoms with Gasteiger partial charge in [0.15, 0.2) is 0 Å². The van der Waals surface area contributed by atoms with Crippen LogP contribution < -0.4 is 11.2 Å². The fourth-order valence-corrected chi connectivity index (χ4v) is 1.21. The predicted octanol–water partition coefficient (Wildman–Crippen LogP) is -1.19. The summed E-state index contributed by atoms with van der Waals surface area (Å²) in [5.74, 6) is 0.586. The average Bonchev–Trinajstić information content (AvgIpc) is 2.12. The third-order valence-electron chi connectivity index (χ3n) is 2.01. The molecule has 3 N–H and O–H groups in total. The molecular formula is C7H20N2OSi. The molecule has 1 aliphatic heterocycles. The summed E-state index contributed by atoms with van der Waals surface area (Å²) in [4.78, 5) is 5.07. The third-order valence-corrected chi connectivity index (χ3v) is 2.01. The first kappa shape index (κ1) is 11.1. The van der Waals surface area contributed by atoms with Crippen LogP contribution in [0.3, 0.4) is 0 Å². The SMILES string of the molecule is CC(N)C1CCCONC1.[SiH4]. The second kappa shape index (κ2) is 5.71. The van der Waals surface area contributed by atoms with Crippen LogP contribution in [0.1, 0.15) is 19.8 Å². The standard InChI is InChI=1S/C7H16N2O.H4Si/c1-6(8)7-3-2-4-10-9-5-7;/h6-7,9H,2-5,8H2,1H3;1H4. The number of nitrogens with two attached hydrogens (primary N) is 1. The molecule has 0 bridgehead atoms. The van der Waals surface area contributed by atoms with Crippen LogP contribution in [0.2, 0.25) is 0 Å². The van der Waals surface area contributed by atoms with Crippen molar-refractivity contribution in [3.8, 4) is 0 Å². The fraction of sp³-hybridized carbons (Fsp3) is 1.00. The lowest BCUT2D eigenvalue weighted by atomic mass is 9.97. The Balaban J connectivity index is 0.000001000. The Morgan fingerprint density at radius 2 is 2.36 bits per heavy atom. The van der Waals surface area contributed by atoms with Crippen molar-refractivity contribution in [1.82, 2.24) is 5.48 Å². The van der Waals surface area contributed by atoms with Gasteiger partial charge in [0.05, 0.1) is 6.61 Å². The molecule has 0 amide bonds. The van der Waals surface area contributed by atoms with E-state index in [0.717, 1.165) is 19.6 Å². The molecule has 2 atom stereocenters. The van der Waals surface area contributed by atoms with Gasteiger partial charge < -0.3 is 10.6 Å². The van der Waals surface area contributed by atoms with Crippen LogP contribution in [0, 0.1) is 5.92 Å². The maximum Gasteiger partial charge on any atom is 0.0682 e. The second-order valence-corrected chi connectivity index (χ2v) is 2.96. The number of hydrogen-bond acceptors (Lipinski definition) is 3. The van der Waals surface area contributed by atoms with E-state index < -0.39 is 0 Å². The minimum atomic E-state index is 0. The highest BCUT2D eigenvalue weighted by molar-refractivity contribution is 5.75. The first-order valence-corrected chi connectivity index (χ1v) is 3.91. The minimum absolute atomic E-state index is 0. The quantitative estimate of drug-likeness (QED) is 0.494. The van der Waals surface area contributed by atoms with E-state index >= 15 is 0 Å². The van der Waals surface area contributed by atoms with Crippen molar-refractivity contribution in [2.45, 2.75) is 25.8 Å². The van der Waals surface area contributed by atoms with E-state index in [9.17, 15) is 0 Å². The molecule has 1 rings (SSSR count). The molecule has 0 radical (unpaired) electrons. The van der Waals surface area contributed by atoms with Crippen LogP contribution >= 0.6 is 0 Å². The van der Waals surface area contributed by atoms with E-state index in [0.29, 0.717) is 5.92 Å². The summed E-state index contributed by atoms with van der Waals surface area (Å²) in [5, 5.41) is 0. The smallest absolute Gasteiger partial charge is 0.0682 e. The molecule has 11 heavy (non-hydrogen) atoms. The molecule has 0 saturated carbocycles. The predicted molar refractivity (Wildman–Crippen MR) is 51.7 cm³/mol. The molecule has 0 spiro atoms. The number of nitrogens with one attached hydrogen (secondary N) is 1. The molecule has 0 aliphatic carbocycles. The number of hydrogen-bond donors (Lipinski definition) is 2. The monoisotopic (exact) mass is 176 g/mol. The minimum Gasteiger partial charge on any atom is -0.328 e. The largest absolute Gasteiger partial charge is 0.328 e. The van der Waals surface area contributed by atoms with Crippen LogP contribution in [0.25, 0.3) is 0 Å². The van der Waals surface area contributed by atoms with E-state index in [1.54, 1.807) is 0 Å². The van der Waals surface area contributed by atoms with Gasteiger partial charge in [-0.2, -0.15) is 0 Å². The van der Waals surface area contributed by atoms with E-state index in [-0.39, 0.29) is 17.0 Å². The maximum atomic E-state index is 5.74. The summed E-state index contributed by atoms with van der Waals surface area (Å²) in [6.07, 6.45) is 2.31.